The predicted octanol–water partition coefficient (Wildman–Crippen LogP) is 5.65. The Morgan fingerprint density at radius 1 is 0.955 bits per heavy atom. The molecular weight excluding hydrogens is 494 g/mol. The molecule has 1 aromatic rings. The van der Waals surface area contributed by atoms with Crippen molar-refractivity contribution < 1.29 is 20.6 Å². The minimum absolute atomic E-state index is 0. The monoisotopic (exact) mass is 517 g/mol. The molecule has 22 heavy (non-hydrogen) atoms. The molecule has 0 radical (unpaired) electrons. The Hall–Kier alpha value is -0.153. The first-order valence-corrected chi connectivity index (χ1v) is 20.2. The van der Waals surface area contributed by atoms with Crippen LogP contribution in [0.3, 0.4) is 0 Å². The molecule has 0 saturated heterocycles. The van der Waals surface area contributed by atoms with Gasteiger partial charge in [0.2, 0.25) is 0 Å². The molecule has 0 unspecified atom stereocenters. The molecule has 4 heteroatoms. The van der Waals surface area contributed by atoms with Crippen molar-refractivity contribution in [1.29, 1.82) is 0 Å². The second kappa shape index (κ2) is 9.22. The van der Waals surface area contributed by atoms with Gasteiger partial charge in [0.25, 0.3) is 0 Å². The zero-order valence-corrected chi connectivity index (χ0v) is 19.5. The van der Waals surface area contributed by atoms with Crippen LogP contribution in [-0.2, 0) is 20.6 Å². The maximum Gasteiger partial charge on any atom is -0.147 e. The van der Waals surface area contributed by atoms with Crippen LogP contribution in [0.4, 0.5) is 0 Å². The van der Waals surface area contributed by atoms with Crippen molar-refractivity contribution in [2.24, 2.45) is 0 Å². The molecule has 0 atom stereocenters. The Morgan fingerprint density at radius 2 is 1.68 bits per heavy atom. The largest absolute Gasteiger partial charge is 0.147 e. The third-order valence-electron chi connectivity index (χ3n) is 4.04. The summed E-state index contributed by atoms with van der Waals surface area (Å²) in [6.07, 6.45) is 14.3. The van der Waals surface area contributed by atoms with Crippen LogP contribution in [0.15, 0.2) is 67.4 Å². The van der Waals surface area contributed by atoms with E-state index in [1.165, 1.54) is 18.4 Å². The first-order chi connectivity index (χ1) is 9.77. The summed E-state index contributed by atoms with van der Waals surface area (Å²) >= 11 is -1.74. The molecule has 1 aromatic carbocycles. The molecule has 2 aliphatic rings. The van der Waals surface area contributed by atoms with Crippen LogP contribution < -0.4 is 0 Å². The van der Waals surface area contributed by atoms with E-state index in [-0.39, 0.29) is 24.8 Å². The fourth-order valence-electron chi connectivity index (χ4n) is 3.21. The molecule has 3 rings (SSSR count). The third kappa shape index (κ3) is 4.23. The average Bonchev–Trinajstić information content (AvgIpc) is 3.11. The third-order valence-corrected chi connectivity index (χ3v) is 31.4. The van der Waals surface area contributed by atoms with Gasteiger partial charge < -0.3 is 0 Å². The molecule has 0 fully saturated rings. The zero-order chi connectivity index (χ0) is 13.9. The fourth-order valence-corrected chi connectivity index (χ4v) is 30.8. The second-order valence-electron chi connectivity index (χ2n) is 5.76. The zero-order valence-electron chi connectivity index (χ0n) is 13.1. The van der Waals surface area contributed by atoms with Crippen LogP contribution >= 0.6 is 24.8 Å². The summed E-state index contributed by atoms with van der Waals surface area (Å²) in [6, 6.07) is 11.0. The van der Waals surface area contributed by atoms with Crippen molar-refractivity contribution in [3.63, 3.8) is 0 Å². The van der Waals surface area contributed by atoms with Gasteiger partial charge in [-0.3, -0.25) is 0 Å². The van der Waals surface area contributed by atoms with Gasteiger partial charge in [0.05, 0.1) is 0 Å². The molecular formula is C18H23Cl2HfSi. The van der Waals surface area contributed by atoms with Gasteiger partial charge in [-0.15, -0.1) is 24.8 Å². The molecule has 0 saturated carbocycles. The summed E-state index contributed by atoms with van der Waals surface area (Å²) in [6.45, 7) is 5.16. The Balaban J connectivity index is 0.00000121. The number of hydrogen-bond donors (Lipinski definition) is 0. The number of allylic oxidation sites excluding steroid dienone is 8. The van der Waals surface area contributed by atoms with E-state index in [0.29, 0.717) is 0 Å². The van der Waals surface area contributed by atoms with Crippen molar-refractivity contribution in [1.82, 2.24) is 0 Å². The molecule has 0 nitrogen and oxygen atoms in total. The van der Waals surface area contributed by atoms with Gasteiger partial charge in [-0.1, -0.05) is 0 Å². The van der Waals surface area contributed by atoms with Crippen molar-refractivity contribution >= 4 is 36.4 Å². The van der Waals surface area contributed by atoms with Crippen LogP contribution in [0, 0.1) is 0 Å². The molecule has 0 spiro atoms. The van der Waals surface area contributed by atoms with Gasteiger partial charge in [-0.2, -0.15) is 0 Å². The molecule has 117 valence electrons. The summed E-state index contributed by atoms with van der Waals surface area (Å²) in [5.74, 6) is -0.547. The topological polar surface area (TPSA) is 0 Å². The molecule has 2 aliphatic carbocycles. The molecule has 0 amide bonds. The van der Waals surface area contributed by atoms with Gasteiger partial charge >= 0.3 is 131 Å². The van der Waals surface area contributed by atoms with E-state index in [2.05, 4.69) is 73.8 Å². The quantitative estimate of drug-likeness (QED) is 0.454. The Labute approximate surface area is 155 Å². The SMILES string of the molecule is C[SiH](C)[Hf]([C]1=CC=CC1)[C]1=C(c2ccccc2)C=CC1.Cl.Cl. The maximum absolute atomic E-state index is 2.58. The minimum Gasteiger partial charge on any atom is -0.147 e. The minimum atomic E-state index is -1.74. The van der Waals surface area contributed by atoms with Crippen LogP contribution in [0.25, 0.3) is 5.57 Å². The van der Waals surface area contributed by atoms with Gasteiger partial charge in [0.1, 0.15) is 0 Å². The van der Waals surface area contributed by atoms with Gasteiger partial charge in [0.15, 0.2) is 0 Å². The van der Waals surface area contributed by atoms with E-state index in [0.717, 1.165) is 0 Å². The molecule has 0 N–H and O–H groups in total. The van der Waals surface area contributed by atoms with E-state index < -0.39 is 26.6 Å². The molecule has 0 aliphatic heterocycles. The van der Waals surface area contributed by atoms with Crippen molar-refractivity contribution in [2.45, 2.75) is 25.9 Å². The van der Waals surface area contributed by atoms with E-state index >= 15 is 0 Å². The van der Waals surface area contributed by atoms with Crippen LogP contribution in [0.5, 0.6) is 0 Å². The Bertz CT molecular complexity index is 615. The number of rotatable bonds is 4. The second-order valence-corrected chi connectivity index (χ2v) is 32.7. The Morgan fingerprint density at radius 3 is 2.27 bits per heavy atom. The standard InChI is InChI=1S/C11H9.C5H5.C2H7Si.2ClH.Hf/c1-2-6-10(7-3-1)11-8-4-5-9-11;1-2-4-5-3-1;1-3-2;;;/h1-4,6-8H,5H2;1-3H,4H2;3H,1-2H3;2*1H;. The van der Waals surface area contributed by atoms with Crippen LogP contribution in [0.1, 0.15) is 18.4 Å². The van der Waals surface area contributed by atoms with E-state index in [1.54, 1.807) is 5.57 Å². The average molecular weight is 517 g/mol. The summed E-state index contributed by atoms with van der Waals surface area (Å²) < 4.78 is 3.72. The summed E-state index contributed by atoms with van der Waals surface area (Å²) in [5.41, 5.74) is 3.00. The van der Waals surface area contributed by atoms with E-state index in [9.17, 15) is 0 Å². The first-order valence-electron chi connectivity index (χ1n) is 7.46. The van der Waals surface area contributed by atoms with E-state index in [1.807, 2.05) is 6.66 Å². The van der Waals surface area contributed by atoms with Crippen LogP contribution in [0.2, 0.25) is 13.1 Å². The van der Waals surface area contributed by atoms with Gasteiger partial charge in [-0.05, 0) is 0 Å². The van der Waals surface area contributed by atoms with Gasteiger partial charge in [-0.25, -0.2) is 0 Å². The smallest absolute Gasteiger partial charge is 0.147 e. The van der Waals surface area contributed by atoms with E-state index in [4.69, 9.17) is 0 Å². The van der Waals surface area contributed by atoms with Crippen LogP contribution in [-0.4, -0.2) is 5.98 Å². The number of hydrogen-bond acceptors (Lipinski definition) is 0. The predicted molar refractivity (Wildman–Crippen MR) is 102 cm³/mol. The summed E-state index contributed by atoms with van der Waals surface area (Å²) in [7, 11) is 0. The Kier molecular flexibility index (Phi) is 8.33. The molecule has 0 heterocycles. The summed E-state index contributed by atoms with van der Waals surface area (Å²) in [5, 5.41) is 0. The summed E-state index contributed by atoms with van der Waals surface area (Å²) in [4.78, 5) is 0. The maximum atomic E-state index is 2.58. The normalized spacial score (nSPS) is 15.7. The van der Waals surface area contributed by atoms with Crippen molar-refractivity contribution in [2.75, 3.05) is 0 Å². The molecule has 0 aromatic heterocycles. The molecule has 0 bridgehead atoms. The van der Waals surface area contributed by atoms with Crippen molar-refractivity contribution in [3.05, 3.63) is 72.9 Å². The van der Waals surface area contributed by atoms with Crippen molar-refractivity contribution in [3.8, 4) is 0 Å². The van der Waals surface area contributed by atoms with Gasteiger partial charge in [0, 0.05) is 0 Å². The first kappa shape index (κ1) is 19.9. The number of benzene rings is 1. The fraction of sp³-hybridized carbons (Fsp3) is 0.222. The number of halogens is 2.